The molecule has 1 aliphatic rings. The Morgan fingerprint density at radius 1 is 1.16 bits per heavy atom. The Bertz CT molecular complexity index is 1040. The second-order valence-corrected chi connectivity index (χ2v) is 10.5. The molecule has 10 heteroatoms. The molecule has 3 rings (SSSR count). The van der Waals surface area contributed by atoms with Crippen LogP contribution >= 0.6 is 0 Å². The van der Waals surface area contributed by atoms with Crippen molar-refractivity contribution in [3.05, 3.63) is 30.6 Å². The molecule has 170 valence electrons. The number of hydrogen-bond acceptors (Lipinski definition) is 6. The lowest BCUT2D eigenvalue weighted by atomic mass is 10.1. The molecule has 0 saturated heterocycles. The molecular formula is C21H30N4O5S. The highest BCUT2D eigenvalue weighted by Crippen LogP contribution is 2.32. The average molecular weight is 451 g/mol. The van der Waals surface area contributed by atoms with Gasteiger partial charge in [0.25, 0.3) is 0 Å². The summed E-state index contributed by atoms with van der Waals surface area (Å²) < 4.78 is 41.4. The SMILES string of the molecule is CC(C)C(NS(=O)(=O)c1ccc2c(c1)OCCCO2)C(=O)Nc1cnn(C(C)(C)C)c1. The standard InChI is InChI=1S/C21H30N4O5S/c1-14(2)19(20(26)23-15-12-22-25(13-15)21(3,4)5)24-31(27,28)16-7-8-17-18(11-16)30-10-6-9-29-17/h7-8,11-14,19,24H,6,9-10H2,1-5H3,(H,23,26). The van der Waals surface area contributed by atoms with Crippen LogP contribution in [0.15, 0.2) is 35.5 Å². The van der Waals surface area contributed by atoms with E-state index in [1.165, 1.54) is 12.1 Å². The van der Waals surface area contributed by atoms with E-state index < -0.39 is 22.0 Å². The highest BCUT2D eigenvalue weighted by atomic mass is 32.2. The van der Waals surface area contributed by atoms with Crippen LogP contribution in [0.2, 0.25) is 0 Å². The van der Waals surface area contributed by atoms with Crippen molar-refractivity contribution in [3.63, 3.8) is 0 Å². The molecule has 1 atom stereocenters. The monoisotopic (exact) mass is 450 g/mol. The number of sulfonamides is 1. The predicted octanol–water partition coefficient (Wildman–Crippen LogP) is 2.74. The van der Waals surface area contributed by atoms with Crippen molar-refractivity contribution in [2.24, 2.45) is 5.92 Å². The topological polar surface area (TPSA) is 112 Å². The van der Waals surface area contributed by atoms with Crippen molar-refractivity contribution >= 4 is 21.6 Å². The van der Waals surface area contributed by atoms with Crippen LogP contribution in [0.1, 0.15) is 41.0 Å². The van der Waals surface area contributed by atoms with Crippen molar-refractivity contribution < 1.29 is 22.7 Å². The van der Waals surface area contributed by atoms with Crippen LogP contribution in [0.3, 0.4) is 0 Å². The number of carbonyl (C=O) groups is 1. The molecule has 0 saturated carbocycles. The molecule has 2 N–H and O–H groups in total. The zero-order valence-electron chi connectivity index (χ0n) is 18.5. The van der Waals surface area contributed by atoms with E-state index in [1.807, 2.05) is 20.8 Å². The summed E-state index contributed by atoms with van der Waals surface area (Å²) in [5.41, 5.74) is 0.263. The van der Waals surface area contributed by atoms with Gasteiger partial charge >= 0.3 is 0 Å². The van der Waals surface area contributed by atoms with Crippen LogP contribution in [-0.4, -0.2) is 43.4 Å². The first-order valence-corrected chi connectivity index (χ1v) is 11.7. The molecule has 0 fully saturated rings. The van der Waals surface area contributed by atoms with Gasteiger partial charge in [0.15, 0.2) is 11.5 Å². The number of fused-ring (bicyclic) bond motifs is 1. The van der Waals surface area contributed by atoms with Gasteiger partial charge in [0.05, 0.1) is 35.5 Å². The Labute approximate surface area is 183 Å². The molecule has 1 unspecified atom stereocenters. The van der Waals surface area contributed by atoms with Gasteiger partial charge in [-0.2, -0.15) is 9.82 Å². The number of nitrogens with zero attached hydrogens (tertiary/aromatic N) is 2. The maximum Gasteiger partial charge on any atom is 0.242 e. The summed E-state index contributed by atoms with van der Waals surface area (Å²) in [5, 5.41) is 7.01. The lowest BCUT2D eigenvalue weighted by molar-refractivity contribution is -0.118. The van der Waals surface area contributed by atoms with Crippen molar-refractivity contribution in [1.82, 2.24) is 14.5 Å². The van der Waals surface area contributed by atoms with Gasteiger partial charge in [-0.15, -0.1) is 0 Å². The maximum absolute atomic E-state index is 13.0. The van der Waals surface area contributed by atoms with Crippen LogP contribution in [0.25, 0.3) is 0 Å². The average Bonchev–Trinajstić information content (AvgIpc) is 3.02. The summed E-state index contributed by atoms with van der Waals surface area (Å²) in [6, 6.07) is 3.46. The van der Waals surface area contributed by atoms with Crippen LogP contribution in [0.5, 0.6) is 11.5 Å². The highest BCUT2D eigenvalue weighted by molar-refractivity contribution is 7.89. The van der Waals surface area contributed by atoms with Gasteiger partial charge in [-0.25, -0.2) is 8.42 Å². The molecule has 0 spiro atoms. The third-order valence-electron chi connectivity index (χ3n) is 4.80. The van der Waals surface area contributed by atoms with Crippen LogP contribution in [0, 0.1) is 5.92 Å². The number of amides is 1. The van der Waals surface area contributed by atoms with Crippen molar-refractivity contribution in [3.8, 4) is 11.5 Å². The first-order chi connectivity index (χ1) is 14.5. The fraction of sp³-hybridized carbons (Fsp3) is 0.524. The van der Waals surface area contributed by atoms with E-state index in [-0.39, 0.29) is 16.4 Å². The first kappa shape index (κ1) is 23.1. The van der Waals surface area contributed by atoms with E-state index >= 15 is 0 Å². The van der Waals surface area contributed by atoms with Gasteiger partial charge < -0.3 is 14.8 Å². The fourth-order valence-electron chi connectivity index (χ4n) is 3.01. The lowest BCUT2D eigenvalue weighted by Crippen LogP contribution is -2.47. The number of ether oxygens (including phenoxy) is 2. The highest BCUT2D eigenvalue weighted by Gasteiger charge is 2.30. The predicted molar refractivity (Wildman–Crippen MR) is 117 cm³/mol. The largest absolute Gasteiger partial charge is 0.490 e. The maximum atomic E-state index is 13.0. The molecule has 9 nitrogen and oxygen atoms in total. The van der Waals surface area contributed by atoms with Gasteiger partial charge in [0.1, 0.15) is 6.04 Å². The van der Waals surface area contributed by atoms with Crippen molar-refractivity contribution in [2.75, 3.05) is 18.5 Å². The molecule has 2 aromatic rings. The third kappa shape index (κ3) is 5.56. The Hall–Kier alpha value is -2.59. The molecule has 0 aliphatic carbocycles. The zero-order chi connectivity index (χ0) is 22.8. The number of nitrogens with one attached hydrogen (secondary N) is 2. The van der Waals surface area contributed by atoms with E-state index in [4.69, 9.17) is 9.47 Å². The molecular weight excluding hydrogens is 420 g/mol. The summed E-state index contributed by atoms with van der Waals surface area (Å²) in [6.45, 7) is 10.5. The number of anilines is 1. The summed E-state index contributed by atoms with van der Waals surface area (Å²) in [6.07, 6.45) is 3.98. The molecule has 1 aliphatic heterocycles. The summed E-state index contributed by atoms with van der Waals surface area (Å²) in [4.78, 5) is 12.9. The smallest absolute Gasteiger partial charge is 0.242 e. The van der Waals surface area contributed by atoms with Gasteiger partial charge in [0, 0.05) is 18.7 Å². The van der Waals surface area contributed by atoms with Crippen LogP contribution in [0.4, 0.5) is 5.69 Å². The Balaban J connectivity index is 1.78. The van der Waals surface area contributed by atoms with Gasteiger partial charge in [-0.3, -0.25) is 9.48 Å². The molecule has 0 radical (unpaired) electrons. The number of hydrogen-bond donors (Lipinski definition) is 2. The minimum absolute atomic E-state index is 0.00996. The normalized spacial score (nSPS) is 15.4. The molecule has 1 aromatic carbocycles. The van der Waals surface area contributed by atoms with Crippen molar-refractivity contribution in [2.45, 2.75) is 57.5 Å². The molecule has 0 bridgehead atoms. The Morgan fingerprint density at radius 2 is 1.84 bits per heavy atom. The zero-order valence-corrected chi connectivity index (χ0v) is 19.3. The molecule has 1 amide bonds. The summed E-state index contributed by atoms with van der Waals surface area (Å²) in [5.74, 6) is 0.139. The summed E-state index contributed by atoms with van der Waals surface area (Å²) in [7, 11) is -3.97. The van der Waals surface area contributed by atoms with E-state index in [0.717, 1.165) is 6.42 Å². The van der Waals surface area contributed by atoms with E-state index in [2.05, 4.69) is 15.1 Å². The van der Waals surface area contributed by atoms with Gasteiger partial charge in [-0.1, -0.05) is 13.8 Å². The van der Waals surface area contributed by atoms with Gasteiger partial charge in [-0.05, 0) is 38.8 Å². The van der Waals surface area contributed by atoms with E-state index in [0.29, 0.717) is 30.4 Å². The minimum Gasteiger partial charge on any atom is -0.490 e. The number of carbonyl (C=O) groups excluding carboxylic acids is 1. The number of aromatic nitrogens is 2. The molecule has 1 aromatic heterocycles. The third-order valence-corrected chi connectivity index (χ3v) is 6.24. The van der Waals surface area contributed by atoms with Crippen LogP contribution < -0.4 is 19.5 Å². The minimum atomic E-state index is -3.97. The number of rotatable bonds is 6. The molecule has 31 heavy (non-hydrogen) atoms. The Morgan fingerprint density at radius 3 is 2.45 bits per heavy atom. The molecule has 2 heterocycles. The lowest BCUT2D eigenvalue weighted by Gasteiger charge is -2.22. The van der Waals surface area contributed by atoms with Crippen LogP contribution in [-0.2, 0) is 20.4 Å². The van der Waals surface area contributed by atoms with E-state index in [1.54, 1.807) is 37.0 Å². The second kappa shape index (κ2) is 8.88. The second-order valence-electron chi connectivity index (χ2n) is 8.84. The fourth-order valence-corrected chi connectivity index (χ4v) is 4.37. The first-order valence-electron chi connectivity index (χ1n) is 10.3. The van der Waals surface area contributed by atoms with E-state index in [9.17, 15) is 13.2 Å². The van der Waals surface area contributed by atoms with Gasteiger partial charge in [0.2, 0.25) is 15.9 Å². The summed E-state index contributed by atoms with van der Waals surface area (Å²) >= 11 is 0. The van der Waals surface area contributed by atoms with Crippen molar-refractivity contribution in [1.29, 1.82) is 0 Å². The number of benzene rings is 1. The Kier molecular flexibility index (Phi) is 6.61. The quantitative estimate of drug-likeness (QED) is 0.700.